The maximum atomic E-state index is 11.8. The first-order chi connectivity index (χ1) is 16.4. The third-order valence-electron chi connectivity index (χ3n) is 5.98. The van der Waals surface area contributed by atoms with Crippen LogP contribution in [0, 0.1) is 12.3 Å². The van der Waals surface area contributed by atoms with E-state index in [-0.39, 0.29) is 6.04 Å². The smallest absolute Gasteiger partial charge is 0.303 e. The van der Waals surface area contributed by atoms with Crippen LogP contribution in [0.1, 0.15) is 31.2 Å². The van der Waals surface area contributed by atoms with Gasteiger partial charge < -0.3 is 19.5 Å². The van der Waals surface area contributed by atoms with Crippen molar-refractivity contribution in [1.29, 1.82) is 0 Å². The minimum absolute atomic E-state index is 0.177. The number of aromatic nitrogens is 4. The van der Waals surface area contributed by atoms with Gasteiger partial charge in [0, 0.05) is 19.9 Å². The zero-order valence-corrected chi connectivity index (χ0v) is 18.7. The van der Waals surface area contributed by atoms with E-state index in [1.165, 1.54) is 37.6 Å². The Kier molecular flexibility index (Phi) is 5.63. The molecule has 3 heterocycles. The molecule has 3 aromatic rings. The molecule has 0 unspecified atom stereocenters. The molecule has 4 atom stereocenters. The van der Waals surface area contributed by atoms with Crippen LogP contribution in [-0.4, -0.2) is 55.8 Å². The van der Waals surface area contributed by atoms with Crippen molar-refractivity contribution in [2.45, 2.75) is 57.3 Å². The van der Waals surface area contributed by atoms with Crippen molar-refractivity contribution in [3.63, 3.8) is 0 Å². The number of carbonyl (C=O) groups is 2. The van der Waals surface area contributed by atoms with E-state index in [1.54, 1.807) is 4.57 Å². The van der Waals surface area contributed by atoms with Gasteiger partial charge in [0.25, 0.3) is 0 Å². The highest BCUT2D eigenvalue weighted by Crippen LogP contribution is 2.36. The van der Waals surface area contributed by atoms with Gasteiger partial charge in [0.2, 0.25) is 0 Å². The first-order valence-corrected chi connectivity index (χ1v) is 10.9. The number of esters is 2. The Bertz CT molecular complexity index is 1270. The van der Waals surface area contributed by atoms with E-state index < -0.39 is 36.5 Å². The molecule has 0 radical (unpaired) electrons. The van der Waals surface area contributed by atoms with Crippen LogP contribution in [0.3, 0.4) is 0 Å². The maximum Gasteiger partial charge on any atom is 0.303 e. The lowest BCUT2D eigenvalue weighted by Gasteiger charge is -2.23. The number of hydrogen-bond donors (Lipinski definition) is 1. The number of rotatable bonds is 5. The summed E-state index contributed by atoms with van der Waals surface area (Å²) in [5, 5.41) is 3.48. The fraction of sp³-hybridized carbons (Fsp3) is 0.375. The topological polar surface area (TPSA) is 117 Å². The zero-order valence-electron chi connectivity index (χ0n) is 18.7. The zero-order chi connectivity index (χ0) is 23.8. The second-order valence-electron chi connectivity index (χ2n) is 8.33. The molecule has 2 aliphatic rings. The number of terminal acetylenes is 1. The van der Waals surface area contributed by atoms with Gasteiger partial charge in [0.1, 0.15) is 6.33 Å². The van der Waals surface area contributed by atoms with Gasteiger partial charge in [-0.25, -0.2) is 15.0 Å². The molecular weight excluding hydrogens is 438 g/mol. The number of benzene rings is 1. The fourth-order valence-electron chi connectivity index (χ4n) is 4.63. The minimum Gasteiger partial charge on any atom is -0.455 e. The lowest BCUT2D eigenvalue weighted by Crippen LogP contribution is -2.38. The molecule has 1 aliphatic carbocycles. The normalized spacial score (nSPS) is 23.9. The monoisotopic (exact) mass is 461 g/mol. The Morgan fingerprint density at radius 3 is 2.41 bits per heavy atom. The van der Waals surface area contributed by atoms with E-state index in [0.717, 1.165) is 12.8 Å². The quantitative estimate of drug-likeness (QED) is 0.448. The second-order valence-corrected chi connectivity index (χ2v) is 8.33. The van der Waals surface area contributed by atoms with E-state index in [9.17, 15) is 9.59 Å². The lowest BCUT2D eigenvalue weighted by molar-refractivity contribution is -0.165. The molecule has 0 spiro atoms. The summed E-state index contributed by atoms with van der Waals surface area (Å²) in [5.74, 6) is 1.93. The summed E-state index contributed by atoms with van der Waals surface area (Å²) in [6.07, 6.45) is 6.59. The molecular formula is C24H23N5O5. The van der Waals surface area contributed by atoms with Crippen LogP contribution in [0.15, 0.2) is 36.9 Å². The van der Waals surface area contributed by atoms with Crippen molar-refractivity contribution in [3.8, 4) is 12.3 Å². The third kappa shape index (κ3) is 3.95. The molecule has 5 rings (SSSR count). The van der Waals surface area contributed by atoms with Crippen LogP contribution in [0.25, 0.3) is 11.2 Å². The van der Waals surface area contributed by atoms with Gasteiger partial charge in [-0.1, -0.05) is 30.2 Å². The lowest BCUT2D eigenvalue weighted by atomic mass is 10.1. The van der Waals surface area contributed by atoms with E-state index in [1.807, 2.05) is 12.1 Å². The largest absolute Gasteiger partial charge is 0.455 e. The van der Waals surface area contributed by atoms with Crippen LogP contribution in [0.2, 0.25) is 0 Å². The number of fused-ring (bicyclic) bond motifs is 2. The summed E-state index contributed by atoms with van der Waals surface area (Å²) < 4.78 is 18.4. The molecule has 0 bridgehead atoms. The molecule has 1 saturated heterocycles. The van der Waals surface area contributed by atoms with Crippen LogP contribution >= 0.6 is 0 Å². The highest BCUT2D eigenvalue weighted by atomic mass is 16.6. The minimum atomic E-state index is -0.976. The van der Waals surface area contributed by atoms with Crippen molar-refractivity contribution in [2.75, 3.05) is 5.32 Å². The van der Waals surface area contributed by atoms with Gasteiger partial charge in [-0.2, -0.15) is 0 Å². The van der Waals surface area contributed by atoms with E-state index in [2.05, 4.69) is 38.3 Å². The van der Waals surface area contributed by atoms with E-state index in [0.29, 0.717) is 17.0 Å². The Morgan fingerprint density at radius 2 is 1.76 bits per heavy atom. The van der Waals surface area contributed by atoms with Crippen molar-refractivity contribution in [1.82, 2.24) is 19.5 Å². The number of nitrogens with one attached hydrogen (secondary N) is 1. The van der Waals surface area contributed by atoms with E-state index in [4.69, 9.17) is 20.6 Å². The van der Waals surface area contributed by atoms with Gasteiger partial charge in [0.05, 0.1) is 6.33 Å². The van der Waals surface area contributed by atoms with Crippen LogP contribution in [0.4, 0.5) is 5.82 Å². The summed E-state index contributed by atoms with van der Waals surface area (Å²) >= 11 is 0. The SMILES string of the molecule is C#C[C@H]1O[C@@H](n2cnc3c(NC4Cc5ccccc5C4)ncnc32)[C@H](OC(C)=O)[C@@H]1OC(C)=O. The number of anilines is 1. The molecule has 1 N–H and O–H groups in total. The van der Waals surface area contributed by atoms with Crippen molar-refractivity contribution in [2.24, 2.45) is 0 Å². The Labute approximate surface area is 195 Å². The average molecular weight is 461 g/mol. The standard InChI is InChI=1S/C24H23N5O5/c1-4-18-20(32-13(2)30)21(33-14(3)31)24(34-18)29-12-27-19-22(25-11-26-23(19)29)28-17-9-15-7-5-6-8-16(15)10-17/h1,5-8,11-12,17-18,20-21,24H,9-10H2,2-3H3,(H,25,26,28)/t18-,20-,21-,24-/m1/s1. The fourth-order valence-corrected chi connectivity index (χ4v) is 4.63. The highest BCUT2D eigenvalue weighted by Gasteiger charge is 2.50. The van der Waals surface area contributed by atoms with Crippen LogP contribution in [-0.2, 0) is 36.6 Å². The van der Waals surface area contributed by atoms with Crippen molar-refractivity contribution >= 4 is 28.9 Å². The predicted molar refractivity (Wildman–Crippen MR) is 120 cm³/mol. The maximum absolute atomic E-state index is 11.8. The van der Waals surface area contributed by atoms with Gasteiger partial charge in [-0.15, -0.1) is 6.42 Å². The molecule has 10 nitrogen and oxygen atoms in total. The van der Waals surface area contributed by atoms with Crippen molar-refractivity contribution in [3.05, 3.63) is 48.0 Å². The second kappa shape index (κ2) is 8.76. The molecule has 1 aliphatic heterocycles. The van der Waals surface area contributed by atoms with Gasteiger partial charge >= 0.3 is 11.9 Å². The predicted octanol–water partition coefficient (Wildman–Crippen LogP) is 1.80. The Hall–Kier alpha value is -3.97. The molecule has 0 saturated carbocycles. The molecule has 174 valence electrons. The molecule has 0 amide bonds. The van der Waals surface area contributed by atoms with Crippen LogP contribution in [0.5, 0.6) is 0 Å². The highest BCUT2D eigenvalue weighted by molar-refractivity contribution is 5.83. The number of hydrogen-bond acceptors (Lipinski definition) is 9. The third-order valence-corrected chi connectivity index (χ3v) is 5.98. The molecule has 1 fully saturated rings. The summed E-state index contributed by atoms with van der Waals surface area (Å²) in [6, 6.07) is 8.53. The summed E-state index contributed by atoms with van der Waals surface area (Å²) in [7, 11) is 0. The number of ether oxygens (including phenoxy) is 3. The average Bonchev–Trinajstić information content (AvgIpc) is 3.49. The molecule has 34 heavy (non-hydrogen) atoms. The summed E-state index contributed by atoms with van der Waals surface area (Å²) in [5.41, 5.74) is 3.64. The van der Waals surface area contributed by atoms with Crippen molar-refractivity contribution < 1.29 is 23.8 Å². The Balaban J connectivity index is 1.45. The van der Waals surface area contributed by atoms with Gasteiger partial charge in [0.15, 0.2) is 41.5 Å². The number of imidazole rings is 1. The molecule has 2 aromatic heterocycles. The van der Waals surface area contributed by atoms with Gasteiger partial charge in [-0.05, 0) is 24.0 Å². The number of nitrogens with zero attached hydrogens (tertiary/aromatic N) is 4. The first-order valence-electron chi connectivity index (χ1n) is 10.9. The van der Waals surface area contributed by atoms with Crippen LogP contribution < -0.4 is 5.32 Å². The number of carbonyl (C=O) groups excluding carboxylic acids is 2. The van der Waals surface area contributed by atoms with Gasteiger partial charge in [-0.3, -0.25) is 14.2 Å². The first kappa shape index (κ1) is 21.9. The summed E-state index contributed by atoms with van der Waals surface area (Å²) in [4.78, 5) is 36.8. The molecule has 10 heteroatoms. The van der Waals surface area contributed by atoms with E-state index >= 15 is 0 Å². The molecule has 1 aromatic carbocycles. The Morgan fingerprint density at radius 1 is 1.09 bits per heavy atom. The summed E-state index contributed by atoms with van der Waals surface area (Å²) in [6.45, 7) is 2.52.